The van der Waals surface area contributed by atoms with E-state index < -0.39 is 5.97 Å². The van der Waals surface area contributed by atoms with Crippen LogP contribution in [-0.2, 0) is 4.74 Å². The van der Waals surface area contributed by atoms with Crippen molar-refractivity contribution < 1.29 is 9.53 Å². The van der Waals surface area contributed by atoms with Gasteiger partial charge >= 0.3 is 5.97 Å². The number of methoxy groups -OCH3 is 1. The molecule has 0 unspecified atom stereocenters. The second-order valence-electron chi connectivity index (χ2n) is 6.22. The number of fused-ring (bicyclic) bond motifs is 2. The number of terminal acetylenes is 1. The monoisotopic (exact) mass is 364 g/mol. The van der Waals surface area contributed by atoms with Gasteiger partial charge in [0.05, 0.1) is 12.7 Å². The predicted molar refractivity (Wildman–Crippen MR) is 110 cm³/mol. The van der Waals surface area contributed by atoms with E-state index in [-0.39, 0.29) is 0 Å². The average Bonchev–Trinajstić information content (AvgIpc) is 3.36. The van der Waals surface area contributed by atoms with Gasteiger partial charge < -0.3 is 4.74 Å². The maximum absolute atomic E-state index is 12.0. The molecule has 3 aromatic rings. The van der Waals surface area contributed by atoms with Gasteiger partial charge in [-0.1, -0.05) is 30.2 Å². The van der Waals surface area contributed by atoms with Crippen LogP contribution in [0.5, 0.6) is 0 Å². The summed E-state index contributed by atoms with van der Waals surface area (Å²) in [6.45, 7) is 0. The normalized spacial score (nSPS) is 10.4. The van der Waals surface area contributed by atoms with E-state index >= 15 is 0 Å². The number of hydrogen-bond donors (Lipinski definition) is 0. The molecule has 4 heteroatoms. The van der Waals surface area contributed by atoms with E-state index in [1.165, 1.54) is 18.2 Å². The predicted octanol–water partition coefficient (Wildman–Crippen LogP) is 4.73. The molecule has 2 heterocycles. The van der Waals surface area contributed by atoms with Crippen molar-refractivity contribution in [3.8, 4) is 34.6 Å². The molecular formula is C24H16N2O2. The Hall–Kier alpha value is -3.97. The van der Waals surface area contributed by atoms with Crippen LogP contribution in [0.4, 0.5) is 0 Å². The number of aromatic nitrogens is 2. The van der Waals surface area contributed by atoms with Gasteiger partial charge in [-0.05, 0) is 47.5 Å². The van der Waals surface area contributed by atoms with E-state index in [0.29, 0.717) is 22.3 Å². The van der Waals surface area contributed by atoms with Crippen molar-refractivity contribution in [1.29, 1.82) is 0 Å². The van der Waals surface area contributed by atoms with Gasteiger partial charge in [0.1, 0.15) is 0 Å². The molecule has 5 rings (SSSR count). The standard InChI is InChI=1S/C18H12N2O2.C6H4/c1-3-12-6-4-8-15(18(21)22-2)16(12)14-10-13-7-5-9-19-17(13)20-11-14;1-2-5-4-6(5)3-1/h1,4-11H,2H3;1-4H. The number of pyridine rings is 2. The third-order valence-electron chi connectivity index (χ3n) is 4.48. The molecule has 2 aromatic heterocycles. The van der Waals surface area contributed by atoms with Crippen LogP contribution in [0, 0.1) is 12.3 Å². The molecule has 0 bridgehead atoms. The highest BCUT2D eigenvalue weighted by Crippen LogP contribution is 2.32. The highest BCUT2D eigenvalue weighted by atomic mass is 16.5. The fourth-order valence-electron chi connectivity index (χ4n) is 3.04. The van der Waals surface area contributed by atoms with Gasteiger partial charge in [0.15, 0.2) is 5.65 Å². The number of benzene rings is 2. The Balaban J connectivity index is 0.000000268. The van der Waals surface area contributed by atoms with Gasteiger partial charge in [-0.3, -0.25) is 0 Å². The zero-order valence-electron chi connectivity index (χ0n) is 15.2. The van der Waals surface area contributed by atoms with Crippen LogP contribution in [-0.4, -0.2) is 23.0 Å². The fourth-order valence-corrected chi connectivity index (χ4v) is 3.04. The Kier molecular flexibility index (Phi) is 4.57. The number of esters is 1. The summed E-state index contributed by atoms with van der Waals surface area (Å²) < 4.78 is 4.85. The van der Waals surface area contributed by atoms with Crippen LogP contribution in [0.1, 0.15) is 15.9 Å². The van der Waals surface area contributed by atoms with Crippen molar-refractivity contribution in [2.45, 2.75) is 0 Å². The van der Waals surface area contributed by atoms with Crippen LogP contribution in [0.25, 0.3) is 33.3 Å². The molecule has 1 aromatic carbocycles. The molecule has 0 amide bonds. The minimum absolute atomic E-state index is 0.419. The van der Waals surface area contributed by atoms with Gasteiger partial charge in [-0.25, -0.2) is 14.8 Å². The van der Waals surface area contributed by atoms with Crippen LogP contribution in [0.3, 0.4) is 0 Å². The molecule has 28 heavy (non-hydrogen) atoms. The minimum Gasteiger partial charge on any atom is -0.465 e. The molecule has 4 nitrogen and oxygen atoms in total. The fraction of sp³-hybridized carbons (Fsp3) is 0.0417. The third-order valence-corrected chi connectivity index (χ3v) is 4.48. The first-order valence-electron chi connectivity index (χ1n) is 8.71. The molecule has 0 atom stereocenters. The van der Waals surface area contributed by atoms with Crippen molar-refractivity contribution in [2.24, 2.45) is 0 Å². The summed E-state index contributed by atoms with van der Waals surface area (Å²) in [5, 5.41) is 0.877. The van der Waals surface area contributed by atoms with Crippen LogP contribution in [0.15, 0.2) is 73.1 Å². The van der Waals surface area contributed by atoms with Crippen LogP contribution >= 0.6 is 0 Å². The summed E-state index contributed by atoms with van der Waals surface area (Å²) in [4.78, 5) is 20.5. The lowest BCUT2D eigenvalue weighted by atomic mass is 9.95. The first-order chi connectivity index (χ1) is 13.7. The van der Waals surface area contributed by atoms with E-state index in [0.717, 1.165) is 10.9 Å². The number of carbonyl (C=O) groups is 1. The summed E-state index contributed by atoms with van der Waals surface area (Å²) in [7, 11) is 1.34. The topological polar surface area (TPSA) is 52.1 Å². The lowest BCUT2D eigenvalue weighted by molar-refractivity contribution is 0.0601. The summed E-state index contributed by atoms with van der Waals surface area (Å²) in [6.07, 6.45) is 8.93. The molecule has 0 saturated heterocycles. The van der Waals surface area contributed by atoms with Crippen molar-refractivity contribution >= 4 is 17.0 Å². The molecule has 0 radical (unpaired) electrons. The molecule has 2 aliphatic carbocycles. The Bertz CT molecular complexity index is 1220. The van der Waals surface area contributed by atoms with Gasteiger partial charge in [0.2, 0.25) is 0 Å². The number of carbonyl (C=O) groups excluding carboxylic acids is 1. The highest BCUT2D eigenvalue weighted by Gasteiger charge is 2.17. The molecule has 0 aliphatic heterocycles. The first-order valence-corrected chi connectivity index (χ1v) is 8.71. The smallest absolute Gasteiger partial charge is 0.338 e. The van der Waals surface area contributed by atoms with Gasteiger partial charge in [0, 0.05) is 34.5 Å². The second-order valence-corrected chi connectivity index (χ2v) is 6.22. The number of ether oxygens (including phenoxy) is 1. The van der Waals surface area contributed by atoms with E-state index in [2.05, 4.69) is 40.2 Å². The number of nitrogens with zero attached hydrogens (tertiary/aromatic N) is 2. The van der Waals surface area contributed by atoms with E-state index in [1.807, 2.05) is 18.2 Å². The van der Waals surface area contributed by atoms with Crippen LogP contribution < -0.4 is 0 Å². The number of rotatable bonds is 2. The van der Waals surface area contributed by atoms with Gasteiger partial charge in [-0.2, -0.15) is 0 Å². The Morgan fingerprint density at radius 2 is 1.75 bits per heavy atom. The van der Waals surface area contributed by atoms with Crippen LogP contribution in [0.2, 0.25) is 0 Å². The summed E-state index contributed by atoms with van der Waals surface area (Å²) in [5.74, 6) is 2.18. The summed E-state index contributed by atoms with van der Waals surface area (Å²) in [5.41, 5.74) is 5.94. The Morgan fingerprint density at radius 3 is 2.39 bits per heavy atom. The minimum atomic E-state index is -0.432. The molecule has 0 spiro atoms. The summed E-state index contributed by atoms with van der Waals surface area (Å²) in [6, 6.07) is 19.4. The second kappa shape index (κ2) is 7.34. The van der Waals surface area contributed by atoms with Crippen molar-refractivity contribution in [2.75, 3.05) is 7.11 Å². The van der Waals surface area contributed by atoms with Gasteiger partial charge in [0.25, 0.3) is 0 Å². The molecule has 2 aliphatic rings. The first kappa shape index (κ1) is 17.4. The summed E-state index contributed by atoms with van der Waals surface area (Å²) >= 11 is 0. The van der Waals surface area contributed by atoms with Crippen molar-refractivity contribution in [3.05, 3.63) is 84.2 Å². The quantitative estimate of drug-likeness (QED) is 0.336. The lowest BCUT2D eigenvalue weighted by Crippen LogP contribution is -2.05. The van der Waals surface area contributed by atoms with E-state index in [4.69, 9.17) is 11.2 Å². The van der Waals surface area contributed by atoms with Gasteiger partial charge in [-0.15, -0.1) is 6.42 Å². The van der Waals surface area contributed by atoms with Crippen molar-refractivity contribution in [1.82, 2.24) is 9.97 Å². The largest absolute Gasteiger partial charge is 0.465 e. The van der Waals surface area contributed by atoms with E-state index in [9.17, 15) is 4.79 Å². The van der Waals surface area contributed by atoms with E-state index in [1.54, 1.807) is 30.6 Å². The Morgan fingerprint density at radius 1 is 0.964 bits per heavy atom. The maximum atomic E-state index is 12.0. The highest BCUT2D eigenvalue weighted by molar-refractivity contribution is 5.99. The lowest BCUT2D eigenvalue weighted by Gasteiger charge is -2.11. The number of hydrogen-bond acceptors (Lipinski definition) is 4. The maximum Gasteiger partial charge on any atom is 0.338 e. The molecular weight excluding hydrogens is 348 g/mol. The van der Waals surface area contributed by atoms with Crippen molar-refractivity contribution in [3.63, 3.8) is 0 Å². The molecule has 0 fully saturated rings. The third kappa shape index (κ3) is 3.34. The molecule has 134 valence electrons. The zero-order chi connectivity index (χ0) is 19.5. The Labute approximate surface area is 162 Å². The molecule has 0 saturated carbocycles. The zero-order valence-corrected chi connectivity index (χ0v) is 15.2. The SMILES string of the molecule is C#Cc1cccc(C(=O)OC)c1-c1cnc2ncccc2c1.c1cc2cc-2c1. The molecule has 0 N–H and O–H groups in total. The average molecular weight is 364 g/mol.